The van der Waals surface area contributed by atoms with E-state index in [1.807, 2.05) is 34.6 Å². The Kier molecular flexibility index (Phi) is 9.78. The highest BCUT2D eigenvalue weighted by atomic mass is 16.5. The maximum Gasteiger partial charge on any atom is 0.317 e. The lowest BCUT2D eigenvalue weighted by Crippen LogP contribution is -2.51. The van der Waals surface area contributed by atoms with Crippen molar-refractivity contribution < 1.29 is 19.4 Å². The first kappa shape index (κ1) is 19.7. The number of carbonyl (C=O) groups excluding carboxylic acids is 1. The highest BCUT2D eigenvalue weighted by molar-refractivity contribution is 5.75. The Morgan fingerprint density at radius 2 is 1.86 bits per heavy atom. The molecule has 0 rings (SSSR count). The van der Waals surface area contributed by atoms with Gasteiger partial charge in [0.2, 0.25) is 0 Å². The molecule has 0 bridgehead atoms. The van der Waals surface area contributed by atoms with Gasteiger partial charge in [-0.05, 0) is 33.1 Å². The summed E-state index contributed by atoms with van der Waals surface area (Å²) in [6, 6.07) is -0.175. The summed E-state index contributed by atoms with van der Waals surface area (Å²) in [4.78, 5) is 24.6. The summed E-state index contributed by atoms with van der Waals surface area (Å²) in [5, 5.41) is 11.7. The third-order valence-electron chi connectivity index (χ3n) is 3.29. The van der Waals surface area contributed by atoms with E-state index in [2.05, 4.69) is 5.32 Å². The second-order valence-electron chi connectivity index (χ2n) is 5.74. The van der Waals surface area contributed by atoms with Crippen LogP contribution in [0.2, 0.25) is 0 Å². The summed E-state index contributed by atoms with van der Waals surface area (Å²) in [6.45, 7) is 11.4. The summed E-state index contributed by atoms with van der Waals surface area (Å²) in [5.74, 6) is -0.566. The van der Waals surface area contributed by atoms with Gasteiger partial charge in [-0.15, -0.1) is 0 Å². The van der Waals surface area contributed by atoms with Crippen molar-refractivity contribution in [3.8, 4) is 0 Å². The first-order chi connectivity index (χ1) is 9.79. The minimum atomic E-state index is -0.837. The molecule has 21 heavy (non-hydrogen) atoms. The predicted octanol–water partition coefficient (Wildman–Crippen LogP) is 2.33. The lowest BCUT2D eigenvalue weighted by molar-refractivity contribution is -0.137. The molecule has 0 aromatic carbocycles. The van der Waals surface area contributed by atoms with Gasteiger partial charge < -0.3 is 20.1 Å². The molecule has 0 aromatic heterocycles. The fraction of sp³-hybridized carbons (Fsp3) is 0.867. The summed E-state index contributed by atoms with van der Waals surface area (Å²) < 4.78 is 5.40. The Hall–Kier alpha value is -1.30. The average molecular weight is 302 g/mol. The van der Waals surface area contributed by atoms with Gasteiger partial charge in [0.05, 0.1) is 12.6 Å². The van der Waals surface area contributed by atoms with Gasteiger partial charge in [-0.1, -0.05) is 13.8 Å². The SMILES string of the molecule is CCOCC(NC(=O)N(CCCC(=O)O)C(C)C)C(C)C. The lowest BCUT2D eigenvalue weighted by Gasteiger charge is -2.30. The number of nitrogens with zero attached hydrogens (tertiary/aromatic N) is 1. The van der Waals surface area contributed by atoms with Crippen molar-refractivity contribution in [1.82, 2.24) is 10.2 Å². The smallest absolute Gasteiger partial charge is 0.317 e. The molecule has 0 fully saturated rings. The number of aliphatic carboxylic acids is 1. The van der Waals surface area contributed by atoms with Crippen LogP contribution in [0.4, 0.5) is 4.79 Å². The van der Waals surface area contributed by atoms with Crippen LogP contribution >= 0.6 is 0 Å². The standard InChI is InChI=1S/C15H30N2O4/c1-6-21-10-13(11(2)3)16-15(20)17(12(4)5)9-7-8-14(18)19/h11-13H,6-10H2,1-5H3,(H,16,20)(H,18,19). The van der Waals surface area contributed by atoms with E-state index < -0.39 is 5.97 Å². The molecule has 0 saturated carbocycles. The molecule has 0 saturated heterocycles. The van der Waals surface area contributed by atoms with Crippen molar-refractivity contribution in [2.45, 2.75) is 59.5 Å². The van der Waals surface area contributed by atoms with Crippen LogP contribution in [0.3, 0.4) is 0 Å². The minimum absolute atomic E-state index is 0.0266. The zero-order chi connectivity index (χ0) is 16.4. The molecule has 0 aliphatic heterocycles. The normalized spacial score (nSPS) is 12.5. The van der Waals surface area contributed by atoms with Crippen LogP contribution in [0.1, 0.15) is 47.5 Å². The van der Waals surface area contributed by atoms with E-state index in [-0.39, 0.29) is 30.5 Å². The highest BCUT2D eigenvalue weighted by Crippen LogP contribution is 2.07. The van der Waals surface area contributed by atoms with Gasteiger partial charge in [0, 0.05) is 25.6 Å². The van der Waals surface area contributed by atoms with Gasteiger partial charge >= 0.3 is 12.0 Å². The largest absolute Gasteiger partial charge is 0.481 e. The van der Waals surface area contributed by atoms with Gasteiger partial charge in [0.1, 0.15) is 0 Å². The van der Waals surface area contributed by atoms with E-state index in [1.54, 1.807) is 4.90 Å². The fourth-order valence-corrected chi connectivity index (χ4v) is 1.88. The quantitative estimate of drug-likeness (QED) is 0.649. The molecule has 124 valence electrons. The minimum Gasteiger partial charge on any atom is -0.481 e. The van der Waals surface area contributed by atoms with Crippen molar-refractivity contribution in [1.29, 1.82) is 0 Å². The first-order valence-corrected chi connectivity index (χ1v) is 7.66. The maximum absolute atomic E-state index is 12.4. The number of hydrogen-bond acceptors (Lipinski definition) is 3. The van der Waals surface area contributed by atoms with Crippen LogP contribution in [0.5, 0.6) is 0 Å². The number of rotatable bonds is 10. The lowest BCUT2D eigenvalue weighted by atomic mass is 10.1. The second-order valence-corrected chi connectivity index (χ2v) is 5.74. The van der Waals surface area contributed by atoms with Crippen LogP contribution in [-0.4, -0.2) is 53.8 Å². The van der Waals surface area contributed by atoms with Gasteiger partial charge in [0.25, 0.3) is 0 Å². The zero-order valence-corrected chi connectivity index (χ0v) is 13.9. The summed E-state index contributed by atoms with van der Waals surface area (Å²) in [6.07, 6.45) is 0.530. The molecular weight excluding hydrogens is 272 g/mol. The van der Waals surface area contributed by atoms with E-state index in [1.165, 1.54) is 0 Å². The van der Waals surface area contributed by atoms with Crippen molar-refractivity contribution in [2.24, 2.45) is 5.92 Å². The molecule has 0 aromatic rings. The fourth-order valence-electron chi connectivity index (χ4n) is 1.88. The van der Waals surface area contributed by atoms with Crippen molar-refractivity contribution >= 4 is 12.0 Å². The molecule has 1 atom stereocenters. The molecule has 0 radical (unpaired) electrons. The Labute approximate surface area is 127 Å². The van der Waals surface area contributed by atoms with Crippen LogP contribution in [0, 0.1) is 5.92 Å². The van der Waals surface area contributed by atoms with E-state index in [4.69, 9.17) is 9.84 Å². The monoisotopic (exact) mass is 302 g/mol. The van der Waals surface area contributed by atoms with E-state index in [0.717, 1.165) is 0 Å². The Balaban J connectivity index is 4.52. The van der Waals surface area contributed by atoms with Crippen molar-refractivity contribution in [3.63, 3.8) is 0 Å². The molecule has 0 heterocycles. The Morgan fingerprint density at radius 3 is 2.29 bits per heavy atom. The van der Waals surface area contributed by atoms with Crippen LogP contribution in [0.15, 0.2) is 0 Å². The van der Waals surface area contributed by atoms with Crippen molar-refractivity contribution in [3.05, 3.63) is 0 Å². The molecule has 1 unspecified atom stereocenters. The number of carboxylic acid groups (broad SMARTS) is 1. The average Bonchev–Trinajstić information content (AvgIpc) is 2.38. The van der Waals surface area contributed by atoms with Gasteiger partial charge in [-0.3, -0.25) is 4.79 Å². The van der Waals surface area contributed by atoms with E-state index in [0.29, 0.717) is 26.2 Å². The van der Waals surface area contributed by atoms with Crippen molar-refractivity contribution in [2.75, 3.05) is 19.8 Å². The number of carbonyl (C=O) groups is 2. The zero-order valence-electron chi connectivity index (χ0n) is 13.9. The molecule has 0 aliphatic carbocycles. The number of carboxylic acids is 1. The van der Waals surface area contributed by atoms with Gasteiger partial charge in [0.15, 0.2) is 0 Å². The Bertz CT molecular complexity index is 319. The van der Waals surface area contributed by atoms with E-state index in [9.17, 15) is 9.59 Å². The number of nitrogens with one attached hydrogen (secondary N) is 1. The summed E-state index contributed by atoms with van der Waals surface area (Å²) in [5.41, 5.74) is 0. The first-order valence-electron chi connectivity index (χ1n) is 7.66. The molecule has 0 spiro atoms. The predicted molar refractivity (Wildman–Crippen MR) is 82.4 cm³/mol. The molecule has 0 aliphatic rings. The van der Waals surface area contributed by atoms with Crippen LogP contribution < -0.4 is 5.32 Å². The van der Waals surface area contributed by atoms with E-state index >= 15 is 0 Å². The van der Waals surface area contributed by atoms with Crippen LogP contribution in [-0.2, 0) is 9.53 Å². The molecule has 6 nitrogen and oxygen atoms in total. The third-order valence-corrected chi connectivity index (χ3v) is 3.29. The third kappa shape index (κ3) is 8.55. The van der Waals surface area contributed by atoms with Gasteiger partial charge in [-0.25, -0.2) is 4.79 Å². The number of amides is 2. The number of ether oxygens (including phenoxy) is 1. The topological polar surface area (TPSA) is 78.9 Å². The molecule has 2 N–H and O–H groups in total. The molecular formula is C15H30N2O4. The second kappa shape index (κ2) is 10.4. The highest BCUT2D eigenvalue weighted by Gasteiger charge is 2.22. The Morgan fingerprint density at radius 1 is 1.24 bits per heavy atom. The number of urea groups is 1. The molecule has 6 heteroatoms. The van der Waals surface area contributed by atoms with Gasteiger partial charge in [-0.2, -0.15) is 0 Å². The summed E-state index contributed by atoms with van der Waals surface area (Å²) >= 11 is 0. The molecule has 2 amide bonds. The van der Waals surface area contributed by atoms with Crippen LogP contribution in [0.25, 0.3) is 0 Å². The maximum atomic E-state index is 12.4. The number of hydrogen-bond donors (Lipinski definition) is 2. The summed E-state index contributed by atoms with van der Waals surface area (Å²) in [7, 11) is 0.